The van der Waals surface area contributed by atoms with Crippen molar-refractivity contribution in [1.29, 1.82) is 0 Å². The van der Waals surface area contributed by atoms with Gasteiger partial charge in [-0.05, 0) is 0 Å². The molecule has 6 nitrogen and oxygen atoms in total. The quantitative estimate of drug-likeness (QED) is 0.153. The molecule has 13 aromatic carbocycles. The third kappa shape index (κ3) is 7.91. The van der Waals surface area contributed by atoms with Crippen molar-refractivity contribution in [1.82, 2.24) is 0 Å². The standard InChI is InChI=1S/C90H66B2N6Se/c1-89(2,3)61-53-68-83-77(54-61)93(62-37-21-11-22-38-62)80-64(57-33-17-9-18-34-57)49-59(55-29-13-7-14-30-55)51-75(80)97(83)73-45-27-44-72-79(73)92(68)88-86-85-87(99-88)91-67-48-47-66(90(4,5)6)82-84(67)98(74-46-28-43-71(78(74)91)95(85)69-41-25-26-42-70(69)96(72)86)76-52-60(56-31-15-8-16-32-56)50-65(58-35-19-10-20-36-58)81(76)94(82)63-39-23-12-24-40-63/h7-54H,1-6H3. The molecule has 0 radical (unpaired) electrons. The normalized spacial score (nSPS) is 14.2. The first kappa shape index (κ1) is 56.9. The Labute approximate surface area is 585 Å². The SMILES string of the molecule is CC(C)(C)c1cc2c3c(c1)N(c1ccccc1)c1c(-c4ccccc4)cc(-c4ccccc4)cc1N3c1cccc3c1B2c1[se]c2c4c1N3c1ccccc1N4c1cccc3c1B2c1ccc(C(C)(C)C)c2c1N3c1cc(-c3ccccc3)cc(-c3ccccc3)c1N2c1ccccc1. The van der Waals surface area contributed by atoms with Crippen LogP contribution in [0.5, 0.6) is 0 Å². The molecule has 0 unspecified atom stereocenters. The van der Waals surface area contributed by atoms with E-state index in [0.717, 1.165) is 11.4 Å². The third-order valence-electron chi connectivity index (χ3n) is 21.9. The molecule has 0 fully saturated rings. The Morgan fingerprint density at radius 3 is 1.10 bits per heavy atom. The summed E-state index contributed by atoms with van der Waals surface area (Å²) in [5.41, 5.74) is 39.1. The molecular formula is C90H66B2N6Se. The number of fused-ring (bicyclic) bond motifs is 15. The van der Waals surface area contributed by atoms with Gasteiger partial charge < -0.3 is 0 Å². The van der Waals surface area contributed by atoms with Crippen LogP contribution in [0.15, 0.2) is 291 Å². The Bertz CT molecular complexity index is 5750. The van der Waals surface area contributed by atoms with E-state index in [0.29, 0.717) is 0 Å². The summed E-state index contributed by atoms with van der Waals surface area (Å²) in [5, 5.41) is 0. The zero-order chi connectivity index (χ0) is 65.9. The summed E-state index contributed by atoms with van der Waals surface area (Å²) in [6.45, 7) is 14.3. The molecule has 0 saturated carbocycles. The number of rotatable bonds is 6. The summed E-state index contributed by atoms with van der Waals surface area (Å²) < 4.78 is 3.04. The molecule has 0 amide bonds. The zero-order valence-electron chi connectivity index (χ0n) is 56.0. The molecule has 9 heteroatoms. The van der Waals surface area contributed by atoms with E-state index in [1.54, 1.807) is 0 Å². The van der Waals surface area contributed by atoms with Gasteiger partial charge >= 0.3 is 589 Å². The van der Waals surface area contributed by atoms with Gasteiger partial charge in [0.05, 0.1) is 0 Å². The first-order chi connectivity index (χ1) is 48.5. The summed E-state index contributed by atoms with van der Waals surface area (Å²) in [6.07, 6.45) is 0. The van der Waals surface area contributed by atoms with Crippen molar-refractivity contribution >= 4 is 161 Å². The van der Waals surface area contributed by atoms with Crippen molar-refractivity contribution in [2.24, 2.45) is 0 Å². The molecule has 7 aliphatic heterocycles. The van der Waals surface area contributed by atoms with Crippen molar-refractivity contribution in [3.8, 4) is 44.5 Å². The van der Waals surface area contributed by atoms with E-state index in [1.165, 1.54) is 177 Å². The van der Waals surface area contributed by atoms with Crippen LogP contribution < -0.4 is 59.9 Å². The molecule has 99 heavy (non-hydrogen) atoms. The molecule has 8 heterocycles. The van der Waals surface area contributed by atoms with Crippen molar-refractivity contribution in [3.63, 3.8) is 0 Å². The Hall–Kier alpha value is -11.2. The van der Waals surface area contributed by atoms with Gasteiger partial charge in [-0.2, -0.15) is 0 Å². The number of hydrogen-bond acceptors (Lipinski definition) is 6. The number of nitrogens with zero attached hydrogens (tertiary/aromatic N) is 6. The van der Waals surface area contributed by atoms with E-state index >= 15 is 0 Å². The fourth-order valence-corrected chi connectivity index (χ4v) is 21.0. The summed E-state index contributed by atoms with van der Waals surface area (Å²) in [7, 11) is 0. The topological polar surface area (TPSA) is 19.4 Å². The fraction of sp³-hybridized carbons (Fsp3) is 0.0889. The van der Waals surface area contributed by atoms with Gasteiger partial charge in [0.25, 0.3) is 0 Å². The molecule has 0 atom stereocenters. The molecule has 1 aromatic heterocycles. The number of para-hydroxylation sites is 4. The Balaban J connectivity index is 0.873. The molecule has 0 bridgehead atoms. The monoisotopic (exact) mass is 1330 g/mol. The van der Waals surface area contributed by atoms with Crippen LogP contribution in [0.1, 0.15) is 52.7 Å². The first-order valence-electron chi connectivity index (χ1n) is 34.8. The molecule has 0 saturated heterocycles. The number of benzene rings is 13. The van der Waals surface area contributed by atoms with Gasteiger partial charge in [-0.1, -0.05) is 0 Å². The molecule has 468 valence electrons. The van der Waals surface area contributed by atoms with Crippen molar-refractivity contribution in [2.45, 2.75) is 52.4 Å². The molecular weight excluding hydrogens is 1270 g/mol. The Morgan fingerprint density at radius 2 is 0.636 bits per heavy atom. The van der Waals surface area contributed by atoms with Gasteiger partial charge in [0.15, 0.2) is 0 Å². The maximum absolute atomic E-state index is 2.72. The summed E-state index contributed by atoms with van der Waals surface area (Å²) in [4.78, 5) is 16.2. The van der Waals surface area contributed by atoms with Crippen LogP contribution >= 0.6 is 0 Å². The van der Waals surface area contributed by atoms with Crippen LogP contribution in [0.4, 0.5) is 102 Å². The van der Waals surface area contributed by atoms with E-state index in [4.69, 9.17) is 0 Å². The minimum absolute atomic E-state index is 0.0602. The zero-order valence-corrected chi connectivity index (χ0v) is 57.7. The Kier molecular flexibility index (Phi) is 11.9. The third-order valence-corrected chi connectivity index (χ3v) is 24.7. The van der Waals surface area contributed by atoms with Gasteiger partial charge in [-0.25, -0.2) is 0 Å². The van der Waals surface area contributed by atoms with Crippen LogP contribution in [0.3, 0.4) is 0 Å². The molecule has 0 spiro atoms. The molecule has 14 aromatic rings. The van der Waals surface area contributed by atoms with Crippen LogP contribution in [-0.4, -0.2) is 27.9 Å². The van der Waals surface area contributed by atoms with Crippen molar-refractivity contribution in [2.75, 3.05) is 29.4 Å². The van der Waals surface area contributed by atoms with Crippen molar-refractivity contribution in [3.05, 3.63) is 302 Å². The summed E-state index contributed by atoms with van der Waals surface area (Å²) in [6, 6.07) is 111. The van der Waals surface area contributed by atoms with Gasteiger partial charge in [-0.3, -0.25) is 0 Å². The van der Waals surface area contributed by atoms with Crippen LogP contribution in [0.25, 0.3) is 44.5 Å². The summed E-state index contributed by atoms with van der Waals surface area (Å²) in [5.74, 6) is 0. The molecule has 0 aliphatic carbocycles. The van der Waals surface area contributed by atoms with E-state index in [2.05, 4.69) is 362 Å². The molecule has 7 aliphatic rings. The van der Waals surface area contributed by atoms with Gasteiger partial charge in [0.2, 0.25) is 0 Å². The van der Waals surface area contributed by atoms with E-state index in [-0.39, 0.29) is 38.8 Å². The summed E-state index contributed by atoms with van der Waals surface area (Å²) >= 11 is -0.169. The van der Waals surface area contributed by atoms with Gasteiger partial charge in [0.1, 0.15) is 0 Å². The van der Waals surface area contributed by atoms with Crippen LogP contribution in [-0.2, 0) is 10.8 Å². The van der Waals surface area contributed by atoms with Crippen molar-refractivity contribution < 1.29 is 0 Å². The average molecular weight is 1330 g/mol. The minimum atomic E-state index is -0.238. The van der Waals surface area contributed by atoms with E-state index in [1.807, 2.05) is 0 Å². The molecule has 0 N–H and O–H groups in total. The fourth-order valence-electron chi connectivity index (χ4n) is 17.7. The van der Waals surface area contributed by atoms with E-state index in [9.17, 15) is 0 Å². The second kappa shape index (κ2) is 20.7. The number of anilines is 18. The predicted octanol–water partition coefficient (Wildman–Crippen LogP) is 20.1. The van der Waals surface area contributed by atoms with E-state index < -0.39 is 0 Å². The number of hydrogen-bond donors (Lipinski definition) is 0. The van der Waals surface area contributed by atoms with Crippen LogP contribution in [0.2, 0.25) is 0 Å². The Morgan fingerprint density at radius 1 is 0.253 bits per heavy atom. The second-order valence-electron chi connectivity index (χ2n) is 29.6. The van der Waals surface area contributed by atoms with Crippen LogP contribution in [0, 0.1) is 0 Å². The first-order valence-corrected chi connectivity index (χ1v) is 36.5. The second-order valence-corrected chi connectivity index (χ2v) is 31.8. The van der Waals surface area contributed by atoms with Gasteiger partial charge in [0, 0.05) is 0 Å². The average Bonchev–Trinajstić information content (AvgIpc) is 1.54. The maximum atomic E-state index is 2.72. The van der Waals surface area contributed by atoms with Gasteiger partial charge in [-0.15, -0.1) is 0 Å². The predicted molar refractivity (Wildman–Crippen MR) is 421 cm³/mol. The molecule has 21 rings (SSSR count).